The average molecular weight is 382 g/mol. The lowest BCUT2D eigenvalue weighted by molar-refractivity contribution is -0.140. The molecular weight excluding hydrogens is 367 g/mol. The lowest BCUT2D eigenvalue weighted by Crippen LogP contribution is -2.45. The predicted molar refractivity (Wildman–Crippen MR) is 91.7 cm³/mol. The smallest absolute Gasteiger partial charge is 0.352 e. The maximum atomic E-state index is 14.5. The topological polar surface area (TPSA) is 32.3 Å². The summed E-state index contributed by atoms with van der Waals surface area (Å²) in [4.78, 5) is 12.5. The van der Waals surface area contributed by atoms with Crippen LogP contribution in [0.3, 0.4) is 0 Å². The van der Waals surface area contributed by atoms with E-state index in [-0.39, 0.29) is 5.39 Å². The van der Waals surface area contributed by atoms with E-state index in [1.165, 1.54) is 6.20 Å². The molecule has 142 valence electrons. The van der Waals surface area contributed by atoms with Gasteiger partial charge in [0.05, 0.1) is 5.56 Å². The Bertz CT molecular complexity index is 1030. The number of aromatic nitrogens is 2. The molecule has 1 saturated heterocycles. The van der Waals surface area contributed by atoms with Gasteiger partial charge in [0, 0.05) is 43.1 Å². The average Bonchev–Trinajstić information content (AvgIpc) is 2.63. The standard InChI is InChI=1S/C18H15F5N4/c1-26-5-7-27(8-6-26)17-16-10(3-2-4-24-16)11-9-12(18(21,22)23)13(19)14(20)15(11)25-17/h2-4,9H,5-8H2,1H3. The number of nitrogens with zero attached hydrogens (tertiary/aromatic N) is 4. The molecule has 0 atom stereocenters. The first-order valence-electron chi connectivity index (χ1n) is 8.34. The van der Waals surface area contributed by atoms with Gasteiger partial charge < -0.3 is 9.80 Å². The van der Waals surface area contributed by atoms with Gasteiger partial charge >= 0.3 is 6.18 Å². The number of rotatable bonds is 1. The van der Waals surface area contributed by atoms with Crippen molar-refractivity contribution in [1.82, 2.24) is 14.9 Å². The molecule has 3 heterocycles. The fourth-order valence-corrected chi connectivity index (χ4v) is 3.34. The summed E-state index contributed by atoms with van der Waals surface area (Å²) in [5.74, 6) is -3.18. The second-order valence-corrected chi connectivity index (χ2v) is 6.57. The van der Waals surface area contributed by atoms with Gasteiger partial charge in [-0.3, -0.25) is 4.98 Å². The van der Waals surface area contributed by atoms with E-state index in [1.54, 1.807) is 12.1 Å². The largest absolute Gasteiger partial charge is 0.419 e. The van der Waals surface area contributed by atoms with Crippen LogP contribution in [0.15, 0.2) is 24.4 Å². The highest BCUT2D eigenvalue weighted by molar-refractivity contribution is 6.08. The van der Waals surface area contributed by atoms with E-state index >= 15 is 0 Å². The van der Waals surface area contributed by atoms with Crippen molar-refractivity contribution in [3.05, 3.63) is 41.6 Å². The van der Waals surface area contributed by atoms with Gasteiger partial charge in [-0.1, -0.05) is 6.07 Å². The van der Waals surface area contributed by atoms with Gasteiger partial charge in [0.25, 0.3) is 0 Å². The van der Waals surface area contributed by atoms with Crippen molar-refractivity contribution in [2.75, 3.05) is 38.1 Å². The number of piperazine rings is 1. The Labute approximate surface area is 151 Å². The molecule has 0 amide bonds. The van der Waals surface area contributed by atoms with E-state index in [2.05, 4.69) is 14.9 Å². The molecule has 0 saturated carbocycles. The number of halogens is 5. The highest BCUT2D eigenvalue weighted by Gasteiger charge is 2.37. The summed E-state index contributed by atoms with van der Waals surface area (Å²) in [5.41, 5.74) is -1.70. The third-order valence-corrected chi connectivity index (χ3v) is 4.82. The van der Waals surface area contributed by atoms with Crippen molar-refractivity contribution in [3.63, 3.8) is 0 Å². The number of hydrogen-bond acceptors (Lipinski definition) is 4. The van der Waals surface area contributed by atoms with Gasteiger partial charge in [-0.15, -0.1) is 0 Å². The zero-order valence-corrected chi connectivity index (χ0v) is 14.3. The highest BCUT2D eigenvalue weighted by Crippen LogP contribution is 2.38. The van der Waals surface area contributed by atoms with E-state index in [4.69, 9.17) is 0 Å². The molecule has 9 heteroatoms. The van der Waals surface area contributed by atoms with Crippen LogP contribution in [0.1, 0.15) is 5.56 Å². The normalized spacial score (nSPS) is 16.4. The lowest BCUT2D eigenvalue weighted by Gasteiger charge is -2.33. The van der Waals surface area contributed by atoms with Crippen molar-refractivity contribution in [2.45, 2.75) is 6.18 Å². The van der Waals surface area contributed by atoms with Crippen LogP contribution < -0.4 is 4.90 Å². The number of pyridine rings is 2. The van der Waals surface area contributed by atoms with E-state index in [1.807, 2.05) is 11.9 Å². The van der Waals surface area contributed by atoms with Crippen LogP contribution in [0.4, 0.5) is 27.8 Å². The van der Waals surface area contributed by atoms with E-state index in [9.17, 15) is 22.0 Å². The molecule has 4 nitrogen and oxygen atoms in total. The minimum absolute atomic E-state index is 0.109. The number of hydrogen-bond donors (Lipinski definition) is 0. The Morgan fingerprint density at radius 1 is 0.963 bits per heavy atom. The van der Waals surface area contributed by atoms with Crippen molar-refractivity contribution in [1.29, 1.82) is 0 Å². The molecule has 0 aliphatic carbocycles. The van der Waals surface area contributed by atoms with E-state index in [0.29, 0.717) is 35.9 Å². The summed E-state index contributed by atoms with van der Waals surface area (Å²) in [6, 6.07) is 3.70. The summed E-state index contributed by atoms with van der Waals surface area (Å²) in [5, 5.41) is 0.197. The minimum atomic E-state index is -5.01. The Morgan fingerprint density at radius 2 is 1.67 bits per heavy atom. The number of anilines is 1. The molecule has 27 heavy (non-hydrogen) atoms. The Morgan fingerprint density at radius 3 is 2.33 bits per heavy atom. The maximum Gasteiger partial charge on any atom is 0.419 e. The number of alkyl halides is 3. The Kier molecular flexibility index (Phi) is 4.14. The molecule has 2 aromatic heterocycles. The third-order valence-electron chi connectivity index (χ3n) is 4.82. The molecule has 1 fully saturated rings. The van der Waals surface area contributed by atoms with Crippen molar-refractivity contribution >= 4 is 27.6 Å². The second-order valence-electron chi connectivity index (χ2n) is 6.57. The Hall–Kier alpha value is -2.55. The van der Waals surface area contributed by atoms with Gasteiger partial charge in [0.1, 0.15) is 11.0 Å². The fraction of sp³-hybridized carbons (Fsp3) is 0.333. The predicted octanol–water partition coefficient (Wildman–Crippen LogP) is 3.83. The molecule has 3 aromatic rings. The van der Waals surface area contributed by atoms with Crippen LogP contribution >= 0.6 is 0 Å². The summed E-state index contributed by atoms with van der Waals surface area (Å²) < 4.78 is 67.9. The van der Waals surface area contributed by atoms with Crippen LogP contribution in [0.5, 0.6) is 0 Å². The van der Waals surface area contributed by atoms with Gasteiger partial charge in [-0.25, -0.2) is 13.8 Å². The van der Waals surface area contributed by atoms with Crippen LogP contribution in [0.2, 0.25) is 0 Å². The molecule has 0 unspecified atom stereocenters. The summed E-state index contributed by atoms with van der Waals surface area (Å²) in [7, 11) is 1.97. The molecule has 4 rings (SSSR count). The quantitative estimate of drug-likeness (QED) is 0.473. The molecule has 1 aromatic carbocycles. The van der Waals surface area contributed by atoms with E-state index < -0.39 is 28.9 Å². The number of benzene rings is 1. The monoisotopic (exact) mass is 382 g/mol. The van der Waals surface area contributed by atoms with Crippen molar-refractivity contribution in [2.24, 2.45) is 0 Å². The zero-order valence-electron chi connectivity index (χ0n) is 14.3. The summed E-state index contributed by atoms with van der Waals surface area (Å²) in [6.45, 7) is 2.70. The molecule has 0 N–H and O–H groups in total. The molecular formula is C18H15F5N4. The first-order valence-corrected chi connectivity index (χ1v) is 8.34. The van der Waals surface area contributed by atoms with Gasteiger partial charge in [0.2, 0.25) is 0 Å². The van der Waals surface area contributed by atoms with Crippen molar-refractivity contribution < 1.29 is 22.0 Å². The molecule has 0 radical (unpaired) electrons. The fourth-order valence-electron chi connectivity index (χ4n) is 3.34. The lowest BCUT2D eigenvalue weighted by atomic mass is 10.0. The summed E-state index contributed by atoms with van der Waals surface area (Å²) in [6.07, 6.45) is -3.51. The highest BCUT2D eigenvalue weighted by atomic mass is 19.4. The van der Waals surface area contributed by atoms with Gasteiger partial charge in [-0.05, 0) is 19.2 Å². The van der Waals surface area contributed by atoms with E-state index in [0.717, 1.165) is 13.1 Å². The number of likely N-dealkylation sites (N-methyl/N-ethyl adjacent to an activating group) is 1. The second kappa shape index (κ2) is 6.26. The molecule has 0 bridgehead atoms. The Balaban J connectivity index is 2.03. The van der Waals surface area contributed by atoms with Crippen LogP contribution in [0.25, 0.3) is 21.8 Å². The van der Waals surface area contributed by atoms with Crippen LogP contribution in [-0.2, 0) is 6.18 Å². The maximum absolute atomic E-state index is 14.5. The van der Waals surface area contributed by atoms with Crippen molar-refractivity contribution in [3.8, 4) is 0 Å². The first-order chi connectivity index (χ1) is 12.8. The SMILES string of the molecule is CN1CCN(c2nc3c(F)c(F)c(C(F)(F)F)cc3c3cccnc23)CC1. The van der Waals surface area contributed by atoms with Gasteiger partial charge in [0.15, 0.2) is 17.5 Å². The molecule has 1 aliphatic rings. The zero-order chi connectivity index (χ0) is 19.3. The first kappa shape index (κ1) is 17.8. The molecule has 0 spiro atoms. The number of fused-ring (bicyclic) bond motifs is 3. The minimum Gasteiger partial charge on any atom is -0.352 e. The van der Waals surface area contributed by atoms with Crippen LogP contribution in [0, 0.1) is 11.6 Å². The van der Waals surface area contributed by atoms with Gasteiger partial charge in [-0.2, -0.15) is 13.2 Å². The van der Waals surface area contributed by atoms with Crippen LogP contribution in [-0.4, -0.2) is 48.1 Å². The third kappa shape index (κ3) is 2.95. The summed E-state index contributed by atoms with van der Waals surface area (Å²) >= 11 is 0. The molecule has 1 aliphatic heterocycles.